The number of esters is 1. The summed E-state index contributed by atoms with van der Waals surface area (Å²) in [5.74, 6) is -7.33. The number of carboxylic acids is 1. The van der Waals surface area contributed by atoms with Gasteiger partial charge in [0.05, 0.1) is 0 Å². The Hall–Kier alpha value is -1.26. The summed E-state index contributed by atoms with van der Waals surface area (Å²) >= 11 is 0. The van der Waals surface area contributed by atoms with Gasteiger partial charge < -0.3 is 35.4 Å². The molecule has 0 aliphatic rings. The molecule has 0 saturated carbocycles. The summed E-state index contributed by atoms with van der Waals surface area (Å²) in [5, 5.41) is 53.0. The van der Waals surface area contributed by atoms with Gasteiger partial charge in [-0.3, -0.25) is 9.59 Å². The van der Waals surface area contributed by atoms with Gasteiger partial charge in [-0.05, 0) is 25.7 Å². The molecule has 0 aromatic carbocycles. The van der Waals surface area contributed by atoms with E-state index in [1.807, 2.05) is 0 Å². The van der Waals surface area contributed by atoms with Gasteiger partial charge in [0.15, 0.2) is 0 Å². The quantitative estimate of drug-likeness (QED) is 0.159. The van der Waals surface area contributed by atoms with E-state index in [0.717, 1.165) is 0 Å². The largest absolute Gasteiger partial charge is 0.481 e. The molecule has 0 radical (unpaired) electrons. The van der Waals surface area contributed by atoms with E-state index in [0.29, 0.717) is 0 Å². The van der Waals surface area contributed by atoms with Gasteiger partial charge in [-0.25, -0.2) is 0 Å². The third-order valence-electron chi connectivity index (χ3n) is 2.56. The molecular formula is C12H22O9. The molecule has 9 heteroatoms. The highest BCUT2D eigenvalue weighted by molar-refractivity contribution is 5.70. The highest BCUT2D eigenvalue weighted by Gasteiger charge is 2.28. The first-order valence-electron chi connectivity index (χ1n) is 6.57. The second-order valence-corrected chi connectivity index (χ2v) is 4.80. The molecule has 0 unspecified atom stereocenters. The number of hydrogen-bond acceptors (Lipinski definition) is 8. The van der Waals surface area contributed by atoms with Crippen LogP contribution in [0.4, 0.5) is 0 Å². The van der Waals surface area contributed by atoms with Crippen LogP contribution in [0.5, 0.6) is 0 Å². The Balaban J connectivity index is 3.83. The van der Waals surface area contributed by atoms with Gasteiger partial charge in [0.25, 0.3) is 5.97 Å². The number of unbranched alkanes of at least 4 members (excludes halogenated alkanes) is 2. The summed E-state index contributed by atoms with van der Waals surface area (Å²) in [5.41, 5.74) is 0. The van der Waals surface area contributed by atoms with Crippen molar-refractivity contribution < 1.29 is 45.0 Å². The molecule has 0 bridgehead atoms. The molecule has 21 heavy (non-hydrogen) atoms. The van der Waals surface area contributed by atoms with Crippen molar-refractivity contribution in [2.75, 3.05) is 0 Å². The van der Waals surface area contributed by atoms with Gasteiger partial charge in [-0.1, -0.05) is 0 Å². The lowest BCUT2D eigenvalue weighted by Crippen LogP contribution is -2.34. The number of carboxylic acid groups (broad SMARTS) is 1. The predicted molar refractivity (Wildman–Crippen MR) is 67.2 cm³/mol. The van der Waals surface area contributed by atoms with Gasteiger partial charge in [0.1, 0.15) is 0 Å². The summed E-state index contributed by atoms with van der Waals surface area (Å²) < 4.78 is 4.41. The molecule has 0 amide bonds. The zero-order valence-electron chi connectivity index (χ0n) is 11.6. The molecule has 0 fully saturated rings. The smallest absolute Gasteiger partial charge is 0.324 e. The zero-order valence-corrected chi connectivity index (χ0v) is 11.6. The first kappa shape index (κ1) is 19.7. The van der Waals surface area contributed by atoms with Crippen LogP contribution in [0.3, 0.4) is 0 Å². The summed E-state index contributed by atoms with van der Waals surface area (Å²) in [6.45, 7) is 0. The number of ether oxygens (including phenoxy) is 1. The zero-order chi connectivity index (χ0) is 16.5. The molecule has 0 aromatic heterocycles. The number of rotatable bonds is 11. The van der Waals surface area contributed by atoms with E-state index < -0.39 is 23.9 Å². The number of hydrogen-bond donors (Lipinski definition) is 6. The van der Waals surface area contributed by atoms with Gasteiger partial charge in [-0.2, -0.15) is 0 Å². The summed E-state index contributed by atoms with van der Waals surface area (Å²) in [4.78, 5) is 21.5. The first-order chi connectivity index (χ1) is 9.52. The Morgan fingerprint density at radius 3 is 1.86 bits per heavy atom. The highest BCUT2D eigenvalue weighted by Crippen LogP contribution is 2.17. The molecule has 0 heterocycles. The maximum absolute atomic E-state index is 11.3. The number of aliphatic hydroxyl groups is 5. The monoisotopic (exact) mass is 310 g/mol. The van der Waals surface area contributed by atoms with Crippen molar-refractivity contribution >= 4 is 11.9 Å². The summed E-state index contributed by atoms with van der Waals surface area (Å²) in [6.07, 6.45) is -0.282. The van der Waals surface area contributed by atoms with Crippen molar-refractivity contribution in [1.29, 1.82) is 0 Å². The predicted octanol–water partition coefficient (Wildman–Crippen LogP) is -0.996. The Bertz CT molecular complexity index is 332. The van der Waals surface area contributed by atoms with Crippen molar-refractivity contribution in [3.8, 4) is 0 Å². The van der Waals surface area contributed by atoms with Gasteiger partial charge in [-0.15, -0.1) is 0 Å². The number of carbonyl (C=O) groups excluding carboxylic acids is 1. The van der Waals surface area contributed by atoms with E-state index >= 15 is 0 Å². The van der Waals surface area contributed by atoms with Crippen LogP contribution in [-0.2, 0) is 14.3 Å². The Morgan fingerprint density at radius 1 is 0.810 bits per heavy atom. The summed E-state index contributed by atoms with van der Waals surface area (Å²) in [6, 6.07) is 0. The molecule has 6 N–H and O–H groups in total. The minimum absolute atomic E-state index is 0.0720. The number of aliphatic carboxylic acids is 1. The topological polar surface area (TPSA) is 165 Å². The van der Waals surface area contributed by atoms with Crippen LogP contribution in [0, 0.1) is 0 Å². The maximum atomic E-state index is 11.3. The molecule has 9 nitrogen and oxygen atoms in total. The van der Waals surface area contributed by atoms with Crippen LogP contribution in [0.1, 0.15) is 51.4 Å². The lowest BCUT2D eigenvalue weighted by Gasteiger charge is -2.22. The molecule has 0 rings (SSSR count). The van der Waals surface area contributed by atoms with Gasteiger partial charge >= 0.3 is 17.9 Å². The van der Waals surface area contributed by atoms with E-state index in [2.05, 4.69) is 4.74 Å². The van der Waals surface area contributed by atoms with E-state index in [4.69, 9.17) is 20.4 Å². The van der Waals surface area contributed by atoms with Crippen molar-refractivity contribution in [2.45, 2.75) is 63.3 Å². The fourth-order valence-electron chi connectivity index (χ4n) is 1.55. The Kier molecular flexibility index (Phi) is 8.37. The second kappa shape index (κ2) is 8.90. The Morgan fingerprint density at radius 2 is 1.33 bits per heavy atom. The molecule has 0 aliphatic carbocycles. The molecule has 0 atom stereocenters. The van der Waals surface area contributed by atoms with Crippen molar-refractivity contribution in [2.24, 2.45) is 0 Å². The van der Waals surface area contributed by atoms with Crippen LogP contribution in [0.2, 0.25) is 0 Å². The minimum Gasteiger partial charge on any atom is -0.481 e. The van der Waals surface area contributed by atoms with Crippen LogP contribution in [-0.4, -0.2) is 54.5 Å². The molecule has 0 spiro atoms. The SMILES string of the molecule is O=C(O)CCCCC(=O)OC(O)(O)CCCCC(O)(O)O. The standard InChI is InChI=1S/C12H22O9/c13-9(14)5-1-2-6-10(15)21-12(19,20)8-4-3-7-11(16,17)18/h16-20H,1-8H2,(H,13,14). The lowest BCUT2D eigenvalue weighted by atomic mass is 10.1. The molecule has 0 aromatic rings. The maximum Gasteiger partial charge on any atom is 0.324 e. The van der Waals surface area contributed by atoms with E-state index in [-0.39, 0.29) is 51.4 Å². The van der Waals surface area contributed by atoms with Crippen LogP contribution >= 0.6 is 0 Å². The number of carbonyl (C=O) groups is 2. The fraction of sp³-hybridized carbons (Fsp3) is 0.833. The highest BCUT2D eigenvalue weighted by atomic mass is 16.8. The molecule has 0 saturated heterocycles. The van der Waals surface area contributed by atoms with Crippen molar-refractivity contribution in [3.63, 3.8) is 0 Å². The second-order valence-electron chi connectivity index (χ2n) is 4.80. The van der Waals surface area contributed by atoms with Gasteiger partial charge in [0, 0.05) is 25.7 Å². The molecular weight excluding hydrogens is 288 g/mol. The van der Waals surface area contributed by atoms with Crippen molar-refractivity contribution in [3.05, 3.63) is 0 Å². The van der Waals surface area contributed by atoms with Crippen LogP contribution in [0.15, 0.2) is 0 Å². The van der Waals surface area contributed by atoms with Gasteiger partial charge in [0.2, 0.25) is 0 Å². The first-order valence-corrected chi connectivity index (χ1v) is 6.57. The third kappa shape index (κ3) is 13.5. The van der Waals surface area contributed by atoms with E-state index in [1.165, 1.54) is 0 Å². The molecule has 124 valence electrons. The average Bonchev–Trinajstić information content (AvgIpc) is 2.28. The minimum atomic E-state index is -2.81. The lowest BCUT2D eigenvalue weighted by molar-refractivity contribution is -0.327. The summed E-state index contributed by atoms with van der Waals surface area (Å²) in [7, 11) is 0. The third-order valence-corrected chi connectivity index (χ3v) is 2.56. The Labute approximate surface area is 121 Å². The van der Waals surface area contributed by atoms with E-state index in [1.54, 1.807) is 0 Å². The van der Waals surface area contributed by atoms with Crippen molar-refractivity contribution in [1.82, 2.24) is 0 Å². The molecule has 0 aliphatic heterocycles. The van der Waals surface area contributed by atoms with Crippen LogP contribution < -0.4 is 0 Å². The average molecular weight is 310 g/mol. The van der Waals surface area contributed by atoms with Crippen LogP contribution in [0.25, 0.3) is 0 Å². The fourth-order valence-corrected chi connectivity index (χ4v) is 1.55. The normalized spacial score (nSPS) is 12.2. The van der Waals surface area contributed by atoms with E-state index in [9.17, 15) is 19.8 Å².